The van der Waals surface area contributed by atoms with Gasteiger partial charge in [-0.1, -0.05) is 53.4 Å². The molecule has 0 saturated carbocycles. The van der Waals surface area contributed by atoms with Crippen LogP contribution in [0.5, 0.6) is 0 Å². The Morgan fingerprint density at radius 1 is 1.13 bits per heavy atom. The standard InChI is InChI=1S/C14H30O/c1-6-8-9-13(7-2)11-14(5,15)10-12(3)4/h12-13,15H,6-11H2,1-5H3. The molecule has 0 saturated heterocycles. The molecule has 15 heavy (non-hydrogen) atoms. The minimum atomic E-state index is -0.456. The van der Waals surface area contributed by atoms with Crippen LogP contribution >= 0.6 is 0 Å². The summed E-state index contributed by atoms with van der Waals surface area (Å²) in [5.74, 6) is 1.29. The van der Waals surface area contributed by atoms with Crippen molar-refractivity contribution in [3.05, 3.63) is 0 Å². The molecular formula is C14H30O. The van der Waals surface area contributed by atoms with Gasteiger partial charge in [0.15, 0.2) is 0 Å². The van der Waals surface area contributed by atoms with Crippen LogP contribution in [0.25, 0.3) is 0 Å². The summed E-state index contributed by atoms with van der Waals surface area (Å²) in [5.41, 5.74) is -0.456. The predicted molar refractivity (Wildman–Crippen MR) is 68.0 cm³/mol. The Kier molecular flexibility index (Phi) is 7.25. The fraction of sp³-hybridized carbons (Fsp3) is 1.00. The highest BCUT2D eigenvalue weighted by Crippen LogP contribution is 2.28. The Bertz CT molecular complexity index is 149. The van der Waals surface area contributed by atoms with E-state index in [2.05, 4.69) is 27.7 Å². The molecule has 0 aromatic carbocycles. The molecule has 0 radical (unpaired) electrons. The lowest BCUT2D eigenvalue weighted by molar-refractivity contribution is 0.0122. The fourth-order valence-corrected chi connectivity index (χ4v) is 2.53. The maximum Gasteiger partial charge on any atom is 0.0624 e. The average Bonchev–Trinajstić information content (AvgIpc) is 2.09. The van der Waals surface area contributed by atoms with E-state index in [1.807, 2.05) is 6.92 Å². The van der Waals surface area contributed by atoms with Crippen molar-refractivity contribution < 1.29 is 5.11 Å². The summed E-state index contributed by atoms with van der Waals surface area (Å²) in [4.78, 5) is 0. The van der Waals surface area contributed by atoms with Gasteiger partial charge >= 0.3 is 0 Å². The highest BCUT2D eigenvalue weighted by atomic mass is 16.3. The Balaban J connectivity index is 4.02. The molecule has 0 aromatic heterocycles. The van der Waals surface area contributed by atoms with Crippen molar-refractivity contribution in [1.29, 1.82) is 0 Å². The first kappa shape index (κ1) is 15.0. The molecular weight excluding hydrogens is 184 g/mol. The summed E-state index contributed by atoms with van der Waals surface area (Å²) < 4.78 is 0. The molecule has 1 nitrogen and oxygen atoms in total. The lowest BCUT2D eigenvalue weighted by Gasteiger charge is -2.29. The monoisotopic (exact) mass is 214 g/mol. The van der Waals surface area contributed by atoms with E-state index in [9.17, 15) is 5.11 Å². The van der Waals surface area contributed by atoms with Crippen molar-refractivity contribution in [3.8, 4) is 0 Å². The summed E-state index contributed by atoms with van der Waals surface area (Å²) >= 11 is 0. The van der Waals surface area contributed by atoms with Crippen molar-refractivity contribution in [2.45, 2.75) is 78.7 Å². The number of aliphatic hydroxyl groups is 1. The van der Waals surface area contributed by atoms with Crippen molar-refractivity contribution in [1.82, 2.24) is 0 Å². The maximum atomic E-state index is 10.3. The van der Waals surface area contributed by atoms with E-state index in [4.69, 9.17) is 0 Å². The maximum absolute atomic E-state index is 10.3. The van der Waals surface area contributed by atoms with Crippen LogP contribution < -0.4 is 0 Å². The molecule has 0 fully saturated rings. The van der Waals surface area contributed by atoms with Gasteiger partial charge in [0.25, 0.3) is 0 Å². The Morgan fingerprint density at radius 2 is 1.73 bits per heavy atom. The Morgan fingerprint density at radius 3 is 2.13 bits per heavy atom. The molecule has 0 aliphatic rings. The van der Waals surface area contributed by atoms with Crippen LogP contribution in [-0.2, 0) is 0 Å². The van der Waals surface area contributed by atoms with Crippen LogP contribution in [0, 0.1) is 11.8 Å². The number of hydrogen-bond donors (Lipinski definition) is 1. The minimum absolute atomic E-state index is 0.456. The third kappa shape index (κ3) is 7.84. The van der Waals surface area contributed by atoms with Gasteiger partial charge in [0, 0.05) is 0 Å². The van der Waals surface area contributed by atoms with Gasteiger partial charge in [-0.25, -0.2) is 0 Å². The lowest BCUT2D eigenvalue weighted by Crippen LogP contribution is -2.29. The molecule has 2 atom stereocenters. The quantitative estimate of drug-likeness (QED) is 0.635. The molecule has 92 valence electrons. The molecule has 0 aliphatic carbocycles. The number of unbranched alkanes of at least 4 members (excludes halogenated alkanes) is 1. The predicted octanol–water partition coefficient (Wildman–Crippen LogP) is 4.39. The lowest BCUT2D eigenvalue weighted by atomic mass is 9.82. The third-order valence-electron chi connectivity index (χ3n) is 3.12. The van der Waals surface area contributed by atoms with E-state index in [0.29, 0.717) is 11.8 Å². The van der Waals surface area contributed by atoms with Gasteiger partial charge in [-0.3, -0.25) is 0 Å². The van der Waals surface area contributed by atoms with Crippen molar-refractivity contribution in [3.63, 3.8) is 0 Å². The van der Waals surface area contributed by atoms with Gasteiger partial charge in [-0.15, -0.1) is 0 Å². The smallest absolute Gasteiger partial charge is 0.0624 e. The molecule has 2 unspecified atom stereocenters. The Hall–Kier alpha value is -0.0400. The van der Waals surface area contributed by atoms with Gasteiger partial charge in [0.05, 0.1) is 5.60 Å². The molecule has 1 heteroatoms. The summed E-state index contributed by atoms with van der Waals surface area (Å²) in [6, 6.07) is 0. The van der Waals surface area contributed by atoms with Gasteiger partial charge in [-0.2, -0.15) is 0 Å². The summed E-state index contributed by atoms with van der Waals surface area (Å²) in [6.45, 7) is 10.8. The fourth-order valence-electron chi connectivity index (χ4n) is 2.53. The number of hydrogen-bond acceptors (Lipinski definition) is 1. The van der Waals surface area contributed by atoms with E-state index >= 15 is 0 Å². The zero-order valence-electron chi connectivity index (χ0n) is 11.3. The van der Waals surface area contributed by atoms with Crippen LogP contribution in [0.4, 0.5) is 0 Å². The van der Waals surface area contributed by atoms with Crippen LogP contribution in [-0.4, -0.2) is 10.7 Å². The Labute approximate surface area is 96.3 Å². The van der Waals surface area contributed by atoms with Crippen molar-refractivity contribution in [2.75, 3.05) is 0 Å². The third-order valence-corrected chi connectivity index (χ3v) is 3.12. The molecule has 1 N–H and O–H groups in total. The van der Waals surface area contributed by atoms with E-state index in [-0.39, 0.29) is 0 Å². The second-order valence-electron chi connectivity index (χ2n) is 5.72. The van der Waals surface area contributed by atoms with Crippen molar-refractivity contribution >= 4 is 0 Å². The first-order valence-corrected chi connectivity index (χ1v) is 6.63. The molecule has 0 aliphatic heterocycles. The normalized spacial score (nSPS) is 17.8. The summed E-state index contributed by atoms with van der Waals surface area (Å²) in [5, 5.41) is 10.3. The average molecular weight is 214 g/mol. The van der Waals surface area contributed by atoms with Crippen LogP contribution in [0.3, 0.4) is 0 Å². The SMILES string of the molecule is CCCCC(CC)CC(C)(O)CC(C)C. The summed E-state index contributed by atoms with van der Waals surface area (Å²) in [7, 11) is 0. The second kappa shape index (κ2) is 7.27. The van der Waals surface area contributed by atoms with Gasteiger partial charge < -0.3 is 5.11 Å². The van der Waals surface area contributed by atoms with Crippen LogP contribution in [0.15, 0.2) is 0 Å². The molecule has 0 amide bonds. The van der Waals surface area contributed by atoms with E-state index < -0.39 is 5.60 Å². The van der Waals surface area contributed by atoms with Gasteiger partial charge in [-0.05, 0) is 31.6 Å². The second-order valence-corrected chi connectivity index (χ2v) is 5.72. The first-order valence-electron chi connectivity index (χ1n) is 6.63. The highest BCUT2D eigenvalue weighted by molar-refractivity contribution is 4.77. The minimum Gasteiger partial charge on any atom is -0.390 e. The zero-order valence-corrected chi connectivity index (χ0v) is 11.3. The highest BCUT2D eigenvalue weighted by Gasteiger charge is 2.25. The van der Waals surface area contributed by atoms with Crippen molar-refractivity contribution in [2.24, 2.45) is 11.8 Å². The largest absolute Gasteiger partial charge is 0.390 e. The van der Waals surface area contributed by atoms with Gasteiger partial charge in [0.2, 0.25) is 0 Å². The molecule has 0 bridgehead atoms. The van der Waals surface area contributed by atoms with E-state index in [1.165, 1.54) is 25.7 Å². The van der Waals surface area contributed by atoms with Gasteiger partial charge in [0.1, 0.15) is 0 Å². The molecule has 0 aromatic rings. The molecule has 0 heterocycles. The van der Waals surface area contributed by atoms with E-state index in [1.54, 1.807) is 0 Å². The topological polar surface area (TPSA) is 20.2 Å². The van der Waals surface area contributed by atoms with E-state index in [0.717, 1.165) is 12.8 Å². The van der Waals surface area contributed by atoms with Crippen LogP contribution in [0.2, 0.25) is 0 Å². The summed E-state index contributed by atoms with van der Waals surface area (Å²) in [6.07, 6.45) is 6.95. The molecule has 0 spiro atoms. The van der Waals surface area contributed by atoms with Crippen LogP contribution in [0.1, 0.15) is 73.1 Å². The molecule has 0 rings (SSSR count). The zero-order chi connectivity index (χ0) is 11.9. The first-order chi connectivity index (χ1) is 6.91. The number of rotatable bonds is 8.